The summed E-state index contributed by atoms with van der Waals surface area (Å²) in [5.74, 6) is -0.682. The number of ether oxygens (including phenoxy) is 2. The van der Waals surface area contributed by atoms with Gasteiger partial charge in [-0.3, -0.25) is 4.79 Å². The number of hydrogen-bond donors (Lipinski definition) is 0. The normalized spacial score (nSPS) is 14.8. The second-order valence-corrected chi connectivity index (χ2v) is 5.68. The zero-order valence-corrected chi connectivity index (χ0v) is 13.9. The Hall–Kier alpha value is -2.96. The summed E-state index contributed by atoms with van der Waals surface area (Å²) in [6, 6.07) is 8.78. The van der Waals surface area contributed by atoms with Crippen molar-refractivity contribution in [2.24, 2.45) is 0 Å². The first-order valence-electron chi connectivity index (χ1n) is 8.09. The lowest BCUT2D eigenvalue weighted by Gasteiger charge is -2.32. The number of likely N-dealkylation sites (tertiary alicyclic amines) is 1. The summed E-state index contributed by atoms with van der Waals surface area (Å²) in [4.78, 5) is 34.4. The number of piperidine rings is 1. The highest BCUT2D eigenvalue weighted by Gasteiger charge is 2.27. The maximum absolute atomic E-state index is 12.8. The van der Waals surface area contributed by atoms with E-state index in [4.69, 9.17) is 9.47 Å². The van der Waals surface area contributed by atoms with Gasteiger partial charge in [0.2, 0.25) is 0 Å². The van der Waals surface area contributed by atoms with Crippen LogP contribution in [0.25, 0.3) is 0 Å². The summed E-state index contributed by atoms with van der Waals surface area (Å²) in [6.45, 7) is 1.09. The number of benzene rings is 1. The SMILES string of the molecule is COC(=O)c1ccccc1C(=O)N1CCC(Oc2ncccn2)CC1. The van der Waals surface area contributed by atoms with Crippen LogP contribution in [0.2, 0.25) is 0 Å². The van der Waals surface area contributed by atoms with E-state index in [-0.39, 0.29) is 17.6 Å². The van der Waals surface area contributed by atoms with Crippen LogP contribution in [-0.4, -0.2) is 53.0 Å². The Morgan fingerprint density at radius 2 is 1.68 bits per heavy atom. The Kier molecular flexibility index (Phi) is 5.23. The van der Waals surface area contributed by atoms with Crippen LogP contribution in [0.15, 0.2) is 42.7 Å². The molecule has 1 amide bonds. The van der Waals surface area contributed by atoms with Gasteiger partial charge in [-0.15, -0.1) is 0 Å². The standard InChI is InChI=1S/C18H19N3O4/c1-24-17(23)15-6-3-2-5-14(15)16(22)21-11-7-13(8-12-21)25-18-19-9-4-10-20-18/h2-6,9-10,13H,7-8,11-12H2,1H3. The van der Waals surface area contributed by atoms with Gasteiger partial charge in [0.1, 0.15) is 6.10 Å². The van der Waals surface area contributed by atoms with E-state index in [1.165, 1.54) is 7.11 Å². The molecule has 0 saturated carbocycles. The third-order valence-electron chi connectivity index (χ3n) is 4.11. The highest BCUT2D eigenvalue weighted by atomic mass is 16.5. The first kappa shape index (κ1) is 16.9. The first-order chi connectivity index (χ1) is 12.2. The van der Waals surface area contributed by atoms with Crippen LogP contribution in [0.1, 0.15) is 33.6 Å². The van der Waals surface area contributed by atoms with Gasteiger partial charge in [-0.2, -0.15) is 0 Å². The van der Waals surface area contributed by atoms with Gasteiger partial charge in [0.05, 0.1) is 18.2 Å². The average Bonchev–Trinajstić information content (AvgIpc) is 2.68. The van der Waals surface area contributed by atoms with Crippen molar-refractivity contribution < 1.29 is 19.1 Å². The van der Waals surface area contributed by atoms with Gasteiger partial charge in [0.15, 0.2) is 0 Å². The van der Waals surface area contributed by atoms with Gasteiger partial charge in [-0.05, 0) is 18.2 Å². The lowest BCUT2D eigenvalue weighted by atomic mass is 10.0. The Morgan fingerprint density at radius 1 is 1.04 bits per heavy atom. The zero-order valence-electron chi connectivity index (χ0n) is 13.9. The molecule has 3 rings (SSSR count). The minimum Gasteiger partial charge on any atom is -0.465 e. The van der Waals surface area contributed by atoms with Gasteiger partial charge in [0.25, 0.3) is 5.91 Å². The smallest absolute Gasteiger partial charge is 0.338 e. The fourth-order valence-corrected chi connectivity index (χ4v) is 2.80. The summed E-state index contributed by atoms with van der Waals surface area (Å²) in [7, 11) is 1.30. The predicted molar refractivity (Wildman–Crippen MR) is 89.4 cm³/mol. The van der Waals surface area contributed by atoms with Gasteiger partial charge in [-0.25, -0.2) is 14.8 Å². The number of aromatic nitrogens is 2. The Morgan fingerprint density at radius 3 is 2.32 bits per heavy atom. The molecule has 0 unspecified atom stereocenters. The molecule has 1 aliphatic rings. The third kappa shape index (κ3) is 3.93. The average molecular weight is 341 g/mol. The molecule has 130 valence electrons. The van der Waals surface area contributed by atoms with E-state index >= 15 is 0 Å². The van der Waals surface area contributed by atoms with Crippen LogP contribution in [-0.2, 0) is 4.74 Å². The lowest BCUT2D eigenvalue weighted by Crippen LogP contribution is -2.42. The fraction of sp³-hybridized carbons (Fsp3) is 0.333. The molecule has 0 N–H and O–H groups in total. The van der Waals surface area contributed by atoms with E-state index in [9.17, 15) is 9.59 Å². The van der Waals surface area contributed by atoms with Crippen molar-refractivity contribution in [3.05, 3.63) is 53.9 Å². The molecule has 1 saturated heterocycles. The third-order valence-corrected chi connectivity index (χ3v) is 4.11. The maximum Gasteiger partial charge on any atom is 0.338 e. The molecule has 25 heavy (non-hydrogen) atoms. The molecule has 1 aliphatic heterocycles. The molecule has 7 nitrogen and oxygen atoms in total. The summed E-state index contributed by atoms with van der Waals surface area (Å²) in [5.41, 5.74) is 0.645. The monoisotopic (exact) mass is 341 g/mol. The summed E-state index contributed by atoms with van der Waals surface area (Å²) < 4.78 is 10.5. The van der Waals surface area contributed by atoms with Crippen molar-refractivity contribution in [1.29, 1.82) is 0 Å². The number of hydrogen-bond acceptors (Lipinski definition) is 6. The Balaban J connectivity index is 1.63. The van der Waals surface area contributed by atoms with E-state index in [1.54, 1.807) is 47.6 Å². The highest BCUT2D eigenvalue weighted by Crippen LogP contribution is 2.19. The lowest BCUT2D eigenvalue weighted by molar-refractivity contribution is 0.0547. The van der Waals surface area contributed by atoms with Crippen LogP contribution >= 0.6 is 0 Å². The molecule has 0 spiro atoms. The largest absolute Gasteiger partial charge is 0.465 e. The molecule has 0 bridgehead atoms. The topological polar surface area (TPSA) is 81.6 Å². The van der Waals surface area contributed by atoms with Crippen molar-refractivity contribution in [1.82, 2.24) is 14.9 Å². The molecule has 0 radical (unpaired) electrons. The van der Waals surface area contributed by atoms with Crippen molar-refractivity contribution in [2.75, 3.05) is 20.2 Å². The molecule has 7 heteroatoms. The van der Waals surface area contributed by atoms with Crippen LogP contribution in [0.3, 0.4) is 0 Å². The highest BCUT2D eigenvalue weighted by molar-refractivity contribution is 6.05. The molecular weight excluding hydrogens is 322 g/mol. The second-order valence-electron chi connectivity index (χ2n) is 5.68. The number of amides is 1. The van der Waals surface area contributed by atoms with Crippen molar-refractivity contribution >= 4 is 11.9 Å². The number of methoxy groups -OCH3 is 1. The number of carbonyl (C=O) groups excluding carboxylic acids is 2. The molecule has 0 aliphatic carbocycles. The van der Waals surface area contributed by atoms with Gasteiger partial charge in [-0.1, -0.05) is 12.1 Å². The van der Waals surface area contributed by atoms with E-state index in [0.29, 0.717) is 37.5 Å². The van der Waals surface area contributed by atoms with Crippen molar-refractivity contribution in [3.63, 3.8) is 0 Å². The molecule has 2 heterocycles. The van der Waals surface area contributed by atoms with E-state index in [1.807, 2.05) is 0 Å². The minimum atomic E-state index is -0.511. The van der Waals surface area contributed by atoms with E-state index in [2.05, 4.69) is 9.97 Å². The van der Waals surface area contributed by atoms with Crippen LogP contribution < -0.4 is 4.74 Å². The van der Waals surface area contributed by atoms with Crippen LogP contribution in [0, 0.1) is 0 Å². The van der Waals surface area contributed by atoms with E-state index < -0.39 is 5.97 Å². The molecular formula is C18H19N3O4. The number of carbonyl (C=O) groups is 2. The molecule has 1 aromatic heterocycles. The maximum atomic E-state index is 12.8. The Labute approximate surface area is 145 Å². The van der Waals surface area contributed by atoms with E-state index in [0.717, 1.165) is 0 Å². The van der Waals surface area contributed by atoms with Gasteiger partial charge >= 0.3 is 12.0 Å². The number of nitrogens with zero attached hydrogens (tertiary/aromatic N) is 3. The van der Waals surface area contributed by atoms with Gasteiger partial charge < -0.3 is 14.4 Å². The Bertz CT molecular complexity index is 743. The predicted octanol–water partition coefficient (Wildman–Crippen LogP) is 1.95. The molecule has 1 fully saturated rings. The fourth-order valence-electron chi connectivity index (χ4n) is 2.80. The van der Waals surface area contributed by atoms with Gasteiger partial charge in [0, 0.05) is 38.3 Å². The summed E-state index contributed by atoms with van der Waals surface area (Å²) >= 11 is 0. The second kappa shape index (κ2) is 7.74. The quantitative estimate of drug-likeness (QED) is 0.791. The minimum absolute atomic E-state index is 0.0256. The number of rotatable bonds is 4. The number of esters is 1. The summed E-state index contributed by atoms with van der Waals surface area (Å²) in [6.07, 6.45) is 4.60. The van der Waals surface area contributed by atoms with Crippen molar-refractivity contribution in [2.45, 2.75) is 18.9 Å². The van der Waals surface area contributed by atoms with Crippen LogP contribution in [0.4, 0.5) is 0 Å². The molecule has 2 aromatic rings. The zero-order chi connectivity index (χ0) is 17.6. The molecule has 0 atom stereocenters. The molecule has 1 aromatic carbocycles. The first-order valence-corrected chi connectivity index (χ1v) is 8.09. The summed E-state index contributed by atoms with van der Waals surface area (Å²) in [5, 5.41) is 0. The van der Waals surface area contributed by atoms with Crippen molar-refractivity contribution in [3.8, 4) is 6.01 Å². The van der Waals surface area contributed by atoms with Crippen LogP contribution in [0.5, 0.6) is 6.01 Å².